The number of hydrogen-bond acceptors (Lipinski definition) is 2. The topological polar surface area (TPSA) is 38.9 Å². The third kappa shape index (κ3) is 2.29. The van der Waals surface area contributed by atoms with Gasteiger partial charge in [0, 0.05) is 17.1 Å². The van der Waals surface area contributed by atoms with Gasteiger partial charge in [-0.3, -0.25) is 4.98 Å². The summed E-state index contributed by atoms with van der Waals surface area (Å²) in [5.74, 6) is 0.0838. The van der Waals surface area contributed by atoms with Gasteiger partial charge in [-0.25, -0.2) is 4.39 Å². The third-order valence-corrected chi connectivity index (χ3v) is 2.90. The van der Waals surface area contributed by atoms with E-state index >= 15 is 0 Å². The van der Waals surface area contributed by atoms with Gasteiger partial charge < -0.3 is 5.73 Å². The van der Waals surface area contributed by atoms with E-state index in [9.17, 15) is 4.39 Å². The fraction of sp³-hybridized carbons (Fsp3) is 0.357. The number of benzene rings is 1. The number of fused-ring (bicyclic) bond motifs is 1. The zero-order chi connectivity index (χ0) is 12.6. The summed E-state index contributed by atoms with van der Waals surface area (Å²) in [6, 6.07) is 6.51. The fourth-order valence-electron chi connectivity index (χ4n) is 1.92. The maximum atomic E-state index is 13.3. The molecule has 1 atom stereocenters. The van der Waals surface area contributed by atoms with Gasteiger partial charge in [-0.05, 0) is 42.7 Å². The summed E-state index contributed by atoms with van der Waals surface area (Å²) in [6.45, 7) is 6.08. The van der Waals surface area contributed by atoms with Crippen molar-refractivity contribution < 1.29 is 4.39 Å². The first kappa shape index (κ1) is 12.0. The van der Waals surface area contributed by atoms with E-state index in [0.29, 0.717) is 5.92 Å². The molecule has 0 radical (unpaired) electrons. The number of nitrogens with zero attached hydrogens (tertiary/aromatic N) is 1. The molecule has 2 N–H and O–H groups in total. The molecule has 1 heterocycles. The van der Waals surface area contributed by atoms with Crippen molar-refractivity contribution in [3.05, 3.63) is 41.3 Å². The van der Waals surface area contributed by atoms with Gasteiger partial charge in [-0.2, -0.15) is 0 Å². The molecule has 0 bridgehead atoms. The first-order valence-corrected chi connectivity index (χ1v) is 5.84. The molecule has 0 aliphatic rings. The zero-order valence-corrected chi connectivity index (χ0v) is 10.4. The number of pyridine rings is 1. The molecule has 1 aromatic carbocycles. The average molecular weight is 232 g/mol. The van der Waals surface area contributed by atoms with E-state index < -0.39 is 0 Å². The van der Waals surface area contributed by atoms with Crippen molar-refractivity contribution in [1.82, 2.24) is 4.98 Å². The molecule has 0 aliphatic carbocycles. The molecule has 0 amide bonds. The molecule has 2 aromatic rings. The van der Waals surface area contributed by atoms with Gasteiger partial charge in [0.2, 0.25) is 0 Å². The molecule has 2 nitrogen and oxygen atoms in total. The van der Waals surface area contributed by atoms with Gasteiger partial charge in [-0.1, -0.05) is 13.8 Å². The van der Waals surface area contributed by atoms with Crippen molar-refractivity contribution in [1.29, 1.82) is 0 Å². The van der Waals surface area contributed by atoms with Gasteiger partial charge in [0.15, 0.2) is 0 Å². The summed E-state index contributed by atoms with van der Waals surface area (Å²) in [7, 11) is 0. The van der Waals surface area contributed by atoms with Crippen LogP contribution in [0.2, 0.25) is 0 Å². The molecule has 1 aromatic heterocycles. The smallest absolute Gasteiger partial charge is 0.123 e. The van der Waals surface area contributed by atoms with Crippen molar-refractivity contribution >= 4 is 10.9 Å². The molecule has 0 saturated carbocycles. The predicted molar refractivity (Wildman–Crippen MR) is 68.4 cm³/mol. The Hall–Kier alpha value is -1.48. The average Bonchev–Trinajstić information content (AvgIpc) is 2.27. The molecule has 2 rings (SSSR count). The van der Waals surface area contributed by atoms with Crippen LogP contribution in [0.4, 0.5) is 4.39 Å². The number of halogens is 1. The van der Waals surface area contributed by atoms with E-state index in [1.54, 1.807) is 6.07 Å². The monoisotopic (exact) mass is 232 g/mol. The van der Waals surface area contributed by atoms with E-state index in [4.69, 9.17) is 5.73 Å². The molecule has 17 heavy (non-hydrogen) atoms. The molecular weight excluding hydrogens is 215 g/mol. The SMILES string of the molecule is CC(C)c1cc(C(C)N)c2cc(F)ccc2n1. The lowest BCUT2D eigenvalue weighted by atomic mass is 9.99. The Labute approximate surface area is 101 Å². The quantitative estimate of drug-likeness (QED) is 0.860. The van der Waals surface area contributed by atoms with Crippen molar-refractivity contribution in [2.45, 2.75) is 32.7 Å². The van der Waals surface area contributed by atoms with Crippen molar-refractivity contribution in [3.8, 4) is 0 Å². The highest BCUT2D eigenvalue weighted by atomic mass is 19.1. The van der Waals surface area contributed by atoms with Crippen LogP contribution in [0, 0.1) is 5.82 Å². The number of hydrogen-bond donors (Lipinski definition) is 1. The summed E-state index contributed by atoms with van der Waals surface area (Å²) in [5, 5.41) is 0.810. The van der Waals surface area contributed by atoms with E-state index in [1.807, 2.05) is 13.0 Å². The first-order chi connectivity index (χ1) is 7.99. The van der Waals surface area contributed by atoms with Crippen LogP contribution < -0.4 is 5.73 Å². The maximum Gasteiger partial charge on any atom is 0.123 e. The Balaban J connectivity index is 2.76. The lowest BCUT2D eigenvalue weighted by molar-refractivity contribution is 0.629. The van der Waals surface area contributed by atoms with E-state index in [2.05, 4.69) is 18.8 Å². The lowest BCUT2D eigenvalue weighted by Gasteiger charge is -2.14. The molecule has 0 aliphatic heterocycles. The first-order valence-electron chi connectivity index (χ1n) is 5.84. The largest absolute Gasteiger partial charge is 0.324 e. The van der Waals surface area contributed by atoms with Crippen LogP contribution in [-0.4, -0.2) is 4.98 Å². The minimum absolute atomic E-state index is 0.125. The molecular formula is C14H17FN2. The van der Waals surface area contributed by atoms with Crippen LogP contribution in [0.3, 0.4) is 0 Å². The van der Waals surface area contributed by atoms with Crippen molar-refractivity contribution in [2.75, 3.05) is 0 Å². The highest BCUT2D eigenvalue weighted by Gasteiger charge is 2.11. The minimum atomic E-state index is -0.251. The van der Waals surface area contributed by atoms with Gasteiger partial charge in [0.05, 0.1) is 5.52 Å². The van der Waals surface area contributed by atoms with E-state index in [-0.39, 0.29) is 11.9 Å². The molecule has 0 spiro atoms. The van der Waals surface area contributed by atoms with Gasteiger partial charge in [-0.15, -0.1) is 0 Å². The summed E-state index contributed by atoms with van der Waals surface area (Å²) in [4.78, 5) is 4.54. The van der Waals surface area contributed by atoms with Crippen LogP contribution in [-0.2, 0) is 0 Å². The highest BCUT2D eigenvalue weighted by Crippen LogP contribution is 2.26. The molecule has 0 saturated heterocycles. The summed E-state index contributed by atoms with van der Waals surface area (Å²) in [6.07, 6.45) is 0. The zero-order valence-electron chi connectivity index (χ0n) is 10.4. The summed E-state index contributed by atoms with van der Waals surface area (Å²) >= 11 is 0. The lowest BCUT2D eigenvalue weighted by Crippen LogP contribution is -2.08. The number of aromatic nitrogens is 1. The van der Waals surface area contributed by atoms with Crippen LogP contribution in [0.1, 0.15) is 44.0 Å². The van der Waals surface area contributed by atoms with Crippen LogP contribution in [0.25, 0.3) is 10.9 Å². The normalized spacial score (nSPS) is 13.3. The third-order valence-electron chi connectivity index (χ3n) is 2.90. The fourth-order valence-corrected chi connectivity index (χ4v) is 1.92. The van der Waals surface area contributed by atoms with Crippen LogP contribution in [0.15, 0.2) is 24.3 Å². The van der Waals surface area contributed by atoms with Gasteiger partial charge >= 0.3 is 0 Å². The second-order valence-corrected chi connectivity index (χ2v) is 4.74. The number of nitrogens with two attached hydrogens (primary N) is 1. The summed E-state index contributed by atoms with van der Waals surface area (Å²) in [5.41, 5.74) is 8.71. The second-order valence-electron chi connectivity index (χ2n) is 4.74. The molecule has 3 heteroatoms. The van der Waals surface area contributed by atoms with Crippen molar-refractivity contribution in [3.63, 3.8) is 0 Å². The van der Waals surface area contributed by atoms with Gasteiger partial charge in [0.1, 0.15) is 5.82 Å². The molecule has 1 unspecified atom stereocenters. The Kier molecular flexibility index (Phi) is 3.11. The number of rotatable bonds is 2. The Morgan fingerprint density at radius 3 is 2.47 bits per heavy atom. The van der Waals surface area contributed by atoms with E-state index in [1.165, 1.54) is 12.1 Å². The minimum Gasteiger partial charge on any atom is -0.324 e. The van der Waals surface area contributed by atoms with Crippen LogP contribution in [0.5, 0.6) is 0 Å². The van der Waals surface area contributed by atoms with Crippen molar-refractivity contribution in [2.24, 2.45) is 5.73 Å². The maximum absolute atomic E-state index is 13.3. The Morgan fingerprint density at radius 2 is 1.88 bits per heavy atom. The highest BCUT2D eigenvalue weighted by molar-refractivity contribution is 5.83. The second kappa shape index (κ2) is 4.41. The molecule has 90 valence electrons. The summed E-state index contributed by atoms with van der Waals surface area (Å²) < 4.78 is 13.3. The van der Waals surface area contributed by atoms with Crippen LogP contribution >= 0.6 is 0 Å². The predicted octanol–water partition coefficient (Wildman–Crippen LogP) is 3.52. The van der Waals surface area contributed by atoms with Gasteiger partial charge in [0.25, 0.3) is 0 Å². The Morgan fingerprint density at radius 1 is 1.18 bits per heavy atom. The molecule has 0 fully saturated rings. The standard InChI is InChI=1S/C14H17FN2/c1-8(2)14-7-11(9(3)16)12-6-10(15)4-5-13(12)17-14/h4-9H,16H2,1-3H3. The Bertz CT molecular complexity index is 547. The van der Waals surface area contributed by atoms with E-state index in [0.717, 1.165) is 22.2 Å².